The van der Waals surface area contributed by atoms with Gasteiger partial charge < -0.3 is 10.6 Å². The summed E-state index contributed by atoms with van der Waals surface area (Å²) in [6, 6.07) is 0. The van der Waals surface area contributed by atoms with E-state index in [0.29, 0.717) is 0 Å². The van der Waals surface area contributed by atoms with Crippen molar-refractivity contribution in [1.29, 1.82) is 0 Å². The fourth-order valence-electron chi connectivity index (χ4n) is 3.59. The smallest absolute Gasteiger partial charge is 0.000672 e. The topological polar surface area (TPSA) is 29.3 Å². The second-order valence-corrected chi connectivity index (χ2v) is 7.93. The summed E-state index contributed by atoms with van der Waals surface area (Å²) in [4.78, 5) is 2.68. The Morgan fingerprint density at radius 2 is 0.760 bits per heavy atom. The highest BCUT2D eigenvalue weighted by atomic mass is 15.1. The minimum absolute atomic E-state index is 0.839. The molecule has 0 bridgehead atoms. The molecule has 152 valence electrons. The number of rotatable bonds is 21. The van der Waals surface area contributed by atoms with Crippen molar-refractivity contribution in [3.05, 3.63) is 0 Å². The molecule has 0 saturated carbocycles. The van der Waals surface area contributed by atoms with Crippen molar-refractivity contribution in [2.24, 2.45) is 5.73 Å². The largest absolute Gasteiger partial charge is 0.330 e. The molecule has 2 N–H and O–H groups in total. The molecule has 0 aromatic carbocycles. The Kier molecular flexibility index (Phi) is 21.9. The van der Waals surface area contributed by atoms with E-state index in [1.165, 1.54) is 122 Å². The third-order valence-corrected chi connectivity index (χ3v) is 5.33. The van der Waals surface area contributed by atoms with Crippen LogP contribution in [0.25, 0.3) is 0 Å². The molecule has 0 saturated heterocycles. The Morgan fingerprint density at radius 3 is 1.12 bits per heavy atom. The van der Waals surface area contributed by atoms with Gasteiger partial charge >= 0.3 is 0 Å². The number of hydrogen-bond acceptors (Lipinski definition) is 2. The van der Waals surface area contributed by atoms with Crippen LogP contribution in [0, 0.1) is 0 Å². The quantitative estimate of drug-likeness (QED) is 0.227. The standard InChI is InChI=1S/C23H50N2/c1-3-5-7-9-11-13-15-17-21-25(23-19-20-24)22-18-16-14-12-10-8-6-4-2/h3-24H2,1-2H3. The molecule has 2 nitrogen and oxygen atoms in total. The fraction of sp³-hybridized carbons (Fsp3) is 1.00. The zero-order valence-electron chi connectivity index (χ0n) is 17.9. The van der Waals surface area contributed by atoms with Gasteiger partial charge in [0.2, 0.25) is 0 Å². The average molecular weight is 355 g/mol. The molecule has 0 aromatic heterocycles. The number of hydrogen-bond donors (Lipinski definition) is 1. The molecular formula is C23H50N2. The van der Waals surface area contributed by atoms with E-state index >= 15 is 0 Å². The molecule has 0 amide bonds. The van der Waals surface area contributed by atoms with Gasteiger partial charge in [-0.3, -0.25) is 0 Å². The van der Waals surface area contributed by atoms with Crippen LogP contribution in [0.1, 0.15) is 123 Å². The molecule has 25 heavy (non-hydrogen) atoms. The first kappa shape index (κ1) is 24.9. The third-order valence-electron chi connectivity index (χ3n) is 5.33. The highest BCUT2D eigenvalue weighted by Gasteiger charge is 2.04. The molecule has 0 spiro atoms. The van der Waals surface area contributed by atoms with Gasteiger partial charge in [0.25, 0.3) is 0 Å². The predicted molar refractivity (Wildman–Crippen MR) is 115 cm³/mol. The fourth-order valence-corrected chi connectivity index (χ4v) is 3.59. The van der Waals surface area contributed by atoms with Crippen LogP contribution in [-0.4, -0.2) is 31.1 Å². The van der Waals surface area contributed by atoms with E-state index in [1.807, 2.05) is 0 Å². The first-order valence-electron chi connectivity index (χ1n) is 11.8. The summed E-state index contributed by atoms with van der Waals surface area (Å²) < 4.78 is 0. The summed E-state index contributed by atoms with van der Waals surface area (Å²) in [5.74, 6) is 0. The Bertz CT molecular complexity index is 210. The number of unbranched alkanes of at least 4 members (excludes halogenated alkanes) is 14. The maximum Gasteiger partial charge on any atom is -0.000672 e. The minimum Gasteiger partial charge on any atom is -0.330 e. The maximum absolute atomic E-state index is 5.72. The lowest BCUT2D eigenvalue weighted by Gasteiger charge is -2.22. The maximum atomic E-state index is 5.72. The highest BCUT2D eigenvalue weighted by Crippen LogP contribution is 2.11. The van der Waals surface area contributed by atoms with E-state index in [2.05, 4.69) is 18.7 Å². The Hall–Kier alpha value is -0.0800. The lowest BCUT2D eigenvalue weighted by atomic mass is 10.1. The van der Waals surface area contributed by atoms with Crippen molar-refractivity contribution >= 4 is 0 Å². The van der Waals surface area contributed by atoms with Crippen LogP contribution in [0.2, 0.25) is 0 Å². The monoisotopic (exact) mass is 354 g/mol. The van der Waals surface area contributed by atoms with Crippen LogP contribution in [-0.2, 0) is 0 Å². The van der Waals surface area contributed by atoms with Crippen LogP contribution >= 0.6 is 0 Å². The van der Waals surface area contributed by atoms with Crippen molar-refractivity contribution < 1.29 is 0 Å². The lowest BCUT2D eigenvalue weighted by molar-refractivity contribution is 0.258. The molecule has 0 aliphatic rings. The molecule has 0 aliphatic carbocycles. The molecular weight excluding hydrogens is 304 g/mol. The van der Waals surface area contributed by atoms with Gasteiger partial charge in [0, 0.05) is 0 Å². The van der Waals surface area contributed by atoms with Crippen LogP contribution in [0.4, 0.5) is 0 Å². The van der Waals surface area contributed by atoms with E-state index < -0.39 is 0 Å². The van der Waals surface area contributed by atoms with Gasteiger partial charge in [-0.2, -0.15) is 0 Å². The zero-order chi connectivity index (χ0) is 18.4. The average Bonchev–Trinajstić information content (AvgIpc) is 2.63. The van der Waals surface area contributed by atoms with Gasteiger partial charge in [-0.1, -0.05) is 104 Å². The van der Waals surface area contributed by atoms with Crippen molar-refractivity contribution in [1.82, 2.24) is 4.90 Å². The van der Waals surface area contributed by atoms with Gasteiger partial charge in [0.1, 0.15) is 0 Å². The van der Waals surface area contributed by atoms with Gasteiger partial charge in [0.05, 0.1) is 0 Å². The Balaban J connectivity index is 3.54. The van der Waals surface area contributed by atoms with Gasteiger partial charge in [-0.05, 0) is 45.4 Å². The van der Waals surface area contributed by atoms with Gasteiger partial charge in [-0.25, -0.2) is 0 Å². The van der Waals surface area contributed by atoms with Crippen molar-refractivity contribution in [2.75, 3.05) is 26.2 Å². The number of nitrogens with zero attached hydrogens (tertiary/aromatic N) is 1. The van der Waals surface area contributed by atoms with E-state index in [0.717, 1.165) is 13.0 Å². The summed E-state index contributed by atoms with van der Waals surface area (Å²) in [5, 5.41) is 0. The molecule has 2 heteroatoms. The summed E-state index contributed by atoms with van der Waals surface area (Å²) >= 11 is 0. The molecule has 0 fully saturated rings. The molecule has 0 radical (unpaired) electrons. The second-order valence-electron chi connectivity index (χ2n) is 7.93. The van der Waals surface area contributed by atoms with E-state index in [1.54, 1.807) is 0 Å². The van der Waals surface area contributed by atoms with Crippen LogP contribution < -0.4 is 5.73 Å². The van der Waals surface area contributed by atoms with Crippen LogP contribution in [0.3, 0.4) is 0 Å². The molecule has 0 heterocycles. The predicted octanol–water partition coefficient (Wildman–Crippen LogP) is 6.92. The molecule has 0 rings (SSSR count). The molecule has 0 aromatic rings. The van der Waals surface area contributed by atoms with E-state index in [4.69, 9.17) is 5.73 Å². The molecule has 0 atom stereocenters. The van der Waals surface area contributed by atoms with Crippen molar-refractivity contribution in [3.63, 3.8) is 0 Å². The zero-order valence-corrected chi connectivity index (χ0v) is 17.9. The first-order valence-corrected chi connectivity index (χ1v) is 11.8. The van der Waals surface area contributed by atoms with Gasteiger partial charge in [-0.15, -0.1) is 0 Å². The first-order chi connectivity index (χ1) is 12.3. The van der Waals surface area contributed by atoms with E-state index in [9.17, 15) is 0 Å². The minimum atomic E-state index is 0.839. The number of nitrogens with two attached hydrogens (primary N) is 1. The second kappa shape index (κ2) is 22.0. The third kappa shape index (κ3) is 20.1. The molecule has 0 unspecified atom stereocenters. The van der Waals surface area contributed by atoms with Crippen LogP contribution in [0.5, 0.6) is 0 Å². The Morgan fingerprint density at radius 1 is 0.440 bits per heavy atom. The highest BCUT2D eigenvalue weighted by molar-refractivity contribution is 4.60. The van der Waals surface area contributed by atoms with Gasteiger partial charge in [0.15, 0.2) is 0 Å². The summed E-state index contributed by atoms with van der Waals surface area (Å²) in [7, 11) is 0. The SMILES string of the molecule is CCCCCCCCCCN(CCCN)CCCCCCCCCC. The molecule has 0 aliphatic heterocycles. The summed E-state index contributed by atoms with van der Waals surface area (Å²) in [6.45, 7) is 9.23. The van der Waals surface area contributed by atoms with Crippen molar-refractivity contribution in [2.45, 2.75) is 123 Å². The van der Waals surface area contributed by atoms with E-state index in [-0.39, 0.29) is 0 Å². The normalized spacial score (nSPS) is 11.5. The van der Waals surface area contributed by atoms with Crippen LogP contribution in [0.15, 0.2) is 0 Å². The Labute approximate surface area is 160 Å². The summed E-state index contributed by atoms with van der Waals surface area (Å²) in [5.41, 5.74) is 5.72. The summed E-state index contributed by atoms with van der Waals surface area (Å²) in [6.07, 6.45) is 23.9. The van der Waals surface area contributed by atoms with Crippen molar-refractivity contribution in [3.8, 4) is 0 Å². The lowest BCUT2D eigenvalue weighted by Crippen LogP contribution is -2.28.